The standard InChI is InChI=1S/C15H21NO3S/c1-20(18)11-14(12-6-3-2-4-7-12)16-15(17)13-8-5-9-19-10-13/h2-4,6-7,13-14H,5,8-11H2,1H3,(H,16,17). The molecule has 0 aromatic heterocycles. The largest absolute Gasteiger partial charge is 0.381 e. The first kappa shape index (κ1) is 15.2. The van der Waals surface area contributed by atoms with Crippen molar-refractivity contribution in [3.8, 4) is 0 Å². The van der Waals surface area contributed by atoms with Crippen LogP contribution in [0.3, 0.4) is 0 Å². The van der Waals surface area contributed by atoms with E-state index in [0.29, 0.717) is 12.4 Å². The van der Waals surface area contributed by atoms with Gasteiger partial charge in [0.05, 0.1) is 18.6 Å². The maximum Gasteiger partial charge on any atom is 0.225 e. The van der Waals surface area contributed by atoms with E-state index in [4.69, 9.17) is 4.74 Å². The molecule has 1 aliphatic heterocycles. The zero-order valence-electron chi connectivity index (χ0n) is 11.7. The average Bonchev–Trinajstić information content (AvgIpc) is 2.48. The molecule has 3 unspecified atom stereocenters. The van der Waals surface area contributed by atoms with Gasteiger partial charge in [0.1, 0.15) is 0 Å². The van der Waals surface area contributed by atoms with Crippen LogP contribution in [0.4, 0.5) is 0 Å². The van der Waals surface area contributed by atoms with E-state index in [1.165, 1.54) is 0 Å². The molecule has 1 N–H and O–H groups in total. The molecule has 1 amide bonds. The minimum Gasteiger partial charge on any atom is -0.381 e. The Morgan fingerprint density at radius 2 is 2.20 bits per heavy atom. The van der Waals surface area contributed by atoms with Crippen molar-refractivity contribution in [2.45, 2.75) is 18.9 Å². The van der Waals surface area contributed by atoms with E-state index < -0.39 is 10.8 Å². The topological polar surface area (TPSA) is 55.4 Å². The second-order valence-corrected chi connectivity index (χ2v) is 6.61. The van der Waals surface area contributed by atoms with Crippen LogP contribution in [-0.4, -0.2) is 35.3 Å². The minimum absolute atomic E-state index is 0.00371. The Morgan fingerprint density at radius 1 is 1.45 bits per heavy atom. The van der Waals surface area contributed by atoms with Crippen molar-refractivity contribution in [2.24, 2.45) is 5.92 Å². The summed E-state index contributed by atoms with van der Waals surface area (Å²) in [5.74, 6) is 0.354. The number of rotatable bonds is 5. The summed E-state index contributed by atoms with van der Waals surface area (Å²) in [6, 6.07) is 9.49. The Morgan fingerprint density at radius 3 is 2.80 bits per heavy atom. The summed E-state index contributed by atoms with van der Waals surface area (Å²) in [6.45, 7) is 1.23. The molecule has 5 heteroatoms. The van der Waals surface area contributed by atoms with E-state index >= 15 is 0 Å². The molecule has 4 nitrogen and oxygen atoms in total. The first-order valence-corrected chi connectivity index (χ1v) is 8.62. The first-order valence-electron chi connectivity index (χ1n) is 6.90. The predicted octanol–water partition coefficient (Wildman–Crippen LogP) is 1.65. The fourth-order valence-corrected chi connectivity index (χ4v) is 3.12. The van der Waals surface area contributed by atoms with Gasteiger partial charge < -0.3 is 10.1 Å². The third-order valence-electron chi connectivity index (χ3n) is 3.45. The second kappa shape index (κ2) is 7.55. The third kappa shape index (κ3) is 4.42. The lowest BCUT2D eigenvalue weighted by atomic mass is 10.00. The van der Waals surface area contributed by atoms with Crippen molar-refractivity contribution >= 4 is 16.7 Å². The predicted molar refractivity (Wildman–Crippen MR) is 79.8 cm³/mol. The first-order chi connectivity index (χ1) is 9.66. The summed E-state index contributed by atoms with van der Waals surface area (Å²) in [5.41, 5.74) is 0.993. The third-order valence-corrected chi connectivity index (χ3v) is 4.25. The van der Waals surface area contributed by atoms with Crippen LogP contribution in [0.5, 0.6) is 0 Å². The maximum absolute atomic E-state index is 12.3. The van der Waals surface area contributed by atoms with Crippen molar-refractivity contribution in [1.29, 1.82) is 0 Å². The van der Waals surface area contributed by atoms with Crippen molar-refractivity contribution in [2.75, 3.05) is 25.2 Å². The molecule has 0 aliphatic carbocycles. The van der Waals surface area contributed by atoms with E-state index in [2.05, 4.69) is 5.32 Å². The quantitative estimate of drug-likeness (QED) is 0.898. The molecule has 1 saturated heterocycles. The summed E-state index contributed by atoms with van der Waals surface area (Å²) in [6.07, 6.45) is 3.45. The molecule has 0 spiro atoms. The lowest BCUT2D eigenvalue weighted by Crippen LogP contribution is -2.39. The Balaban J connectivity index is 2.03. The van der Waals surface area contributed by atoms with Gasteiger partial charge in [0, 0.05) is 29.4 Å². The Kier molecular flexibility index (Phi) is 5.73. The van der Waals surface area contributed by atoms with E-state index in [1.807, 2.05) is 30.3 Å². The lowest BCUT2D eigenvalue weighted by Gasteiger charge is -2.25. The van der Waals surface area contributed by atoms with Crippen LogP contribution in [0.1, 0.15) is 24.4 Å². The lowest BCUT2D eigenvalue weighted by molar-refractivity contribution is -0.129. The number of carbonyl (C=O) groups excluding carboxylic acids is 1. The second-order valence-electron chi connectivity index (χ2n) is 5.13. The number of ether oxygens (including phenoxy) is 1. The fourth-order valence-electron chi connectivity index (χ4n) is 2.38. The van der Waals surface area contributed by atoms with Crippen LogP contribution >= 0.6 is 0 Å². The number of amides is 1. The fraction of sp³-hybridized carbons (Fsp3) is 0.533. The van der Waals surface area contributed by atoms with Gasteiger partial charge in [0.25, 0.3) is 0 Å². The molecule has 1 aliphatic rings. The summed E-state index contributed by atoms with van der Waals surface area (Å²) in [5, 5.41) is 3.02. The van der Waals surface area contributed by atoms with Gasteiger partial charge in [-0.15, -0.1) is 0 Å². The summed E-state index contributed by atoms with van der Waals surface area (Å²) in [7, 11) is -0.963. The van der Waals surface area contributed by atoms with Crippen LogP contribution in [0, 0.1) is 5.92 Å². The van der Waals surface area contributed by atoms with E-state index in [9.17, 15) is 9.00 Å². The normalized spacial score (nSPS) is 21.9. The van der Waals surface area contributed by atoms with Crippen LogP contribution in [0.15, 0.2) is 30.3 Å². The monoisotopic (exact) mass is 295 g/mol. The molecule has 1 heterocycles. The van der Waals surface area contributed by atoms with Gasteiger partial charge in [0.15, 0.2) is 0 Å². The van der Waals surface area contributed by atoms with Crippen molar-refractivity contribution in [3.05, 3.63) is 35.9 Å². The van der Waals surface area contributed by atoms with Crippen molar-refractivity contribution in [1.82, 2.24) is 5.32 Å². The van der Waals surface area contributed by atoms with Gasteiger partial charge in [-0.1, -0.05) is 30.3 Å². The van der Waals surface area contributed by atoms with Gasteiger partial charge in [0.2, 0.25) is 5.91 Å². The number of carbonyl (C=O) groups is 1. The zero-order chi connectivity index (χ0) is 14.4. The molecular weight excluding hydrogens is 274 g/mol. The van der Waals surface area contributed by atoms with E-state index in [-0.39, 0.29) is 17.9 Å². The summed E-state index contributed by atoms with van der Waals surface area (Å²) < 4.78 is 16.9. The minimum atomic E-state index is -0.963. The van der Waals surface area contributed by atoms with E-state index in [0.717, 1.165) is 25.0 Å². The maximum atomic E-state index is 12.3. The molecule has 0 bridgehead atoms. The molecule has 3 atom stereocenters. The Labute approximate surface area is 122 Å². The number of nitrogens with one attached hydrogen (secondary N) is 1. The SMILES string of the molecule is CS(=O)CC(NC(=O)C1CCCOC1)c1ccccc1. The molecule has 1 aromatic carbocycles. The van der Waals surface area contributed by atoms with Gasteiger partial charge >= 0.3 is 0 Å². The number of benzene rings is 1. The highest BCUT2D eigenvalue weighted by atomic mass is 32.2. The molecule has 0 radical (unpaired) electrons. The molecule has 20 heavy (non-hydrogen) atoms. The molecule has 1 aromatic rings. The molecular formula is C15H21NO3S. The number of hydrogen-bond acceptors (Lipinski definition) is 3. The van der Waals surface area contributed by atoms with Crippen LogP contribution in [0.2, 0.25) is 0 Å². The Hall–Kier alpha value is -1.20. The van der Waals surface area contributed by atoms with Gasteiger partial charge in [-0.05, 0) is 18.4 Å². The van der Waals surface area contributed by atoms with Gasteiger partial charge in [-0.2, -0.15) is 0 Å². The molecule has 110 valence electrons. The van der Waals surface area contributed by atoms with Crippen LogP contribution in [0.25, 0.3) is 0 Å². The highest BCUT2D eigenvalue weighted by Crippen LogP contribution is 2.18. The van der Waals surface area contributed by atoms with Crippen molar-refractivity contribution in [3.63, 3.8) is 0 Å². The molecule has 1 fully saturated rings. The summed E-state index contributed by atoms with van der Waals surface area (Å²) in [4.78, 5) is 12.3. The zero-order valence-corrected chi connectivity index (χ0v) is 12.5. The van der Waals surface area contributed by atoms with Crippen LogP contribution in [-0.2, 0) is 20.3 Å². The Bertz CT molecular complexity index is 457. The van der Waals surface area contributed by atoms with Crippen LogP contribution < -0.4 is 5.32 Å². The molecule has 2 rings (SSSR count). The van der Waals surface area contributed by atoms with E-state index in [1.54, 1.807) is 6.26 Å². The summed E-state index contributed by atoms with van der Waals surface area (Å²) >= 11 is 0. The smallest absolute Gasteiger partial charge is 0.225 e. The molecule has 0 saturated carbocycles. The van der Waals surface area contributed by atoms with Crippen molar-refractivity contribution < 1.29 is 13.7 Å². The highest BCUT2D eigenvalue weighted by Gasteiger charge is 2.25. The average molecular weight is 295 g/mol. The van der Waals surface area contributed by atoms with Gasteiger partial charge in [-0.25, -0.2) is 0 Å². The highest BCUT2D eigenvalue weighted by molar-refractivity contribution is 7.84. The van der Waals surface area contributed by atoms with Gasteiger partial charge in [-0.3, -0.25) is 9.00 Å². The number of hydrogen-bond donors (Lipinski definition) is 1.